The summed E-state index contributed by atoms with van der Waals surface area (Å²) in [7, 11) is 1.38. The van der Waals surface area contributed by atoms with Gasteiger partial charge >= 0.3 is 0 Å². The van der Waals surface area contributed by atoms with Crippen LogP contribution in [0, 0.1) is 5.82 Å². The third-order valence-corrected chi connectivity index (χ3v) is 4.57. The summed E-state index contributed by atoms with van der Waals surface area (Å²) in [6.45, 7) is 4.60. The molecule has 1 saturated heterocycles. The number of ketones is 1. The first-order valence-electron chi connectivity index (χ1n) is 8.93. The van der Waals surface area contributed by atoms with E-state index in [0.29, 0.717) is 0 Å². The summed E-state index contributed by atoms with van der Waals surface area (Å²) in [6.07, 6.45) is 3.05. The predicted octanol–water partition coefficient (Wildman–Crippen LogP) is 2.79. The van der Waals surface area contributed by atoms with Crippen molar-refractivity contribution in [2.24, 2.45) is 0 Å². The molecule has 0 spiro atoms. The highest BCUT2D eigenvalue weighted by molar-refractivity contribution is 5.98. The Morgan fingerprint density at radius 3 is 2.60 bits per heavy atom. The van der Waals surface area contributed by atoms with E-state index in [0.717, 1.165) is 38.9 Å². The quantitative estimate of drug-likeness (QED) is 0.733. The minimum absolute atomic E-state index is 0.0103. The fourth-order valence-corrected chi connectivity index (χ4v) is 3.22. The van der Waals surface area contributed by atoms with Crippen molar-refractivity contribution in [3.63, 3.8) is 0 Å². The fraction of sp³-hybridized carbons (Fsp3) is 0.579. The molecule has 0 bridgehead atoms. The van der Waals surface area contributed by atoms with Crippen LogP contribution in [0.3, 0.4) is 0 Å². The fourth-order valence-electron chi connectivity index (χ4n) is 3.22. The minimum Gasteiger partial charge on any atom is -0.494 e. The van der Waals surface area contributed by atoms with Gasteiger partial charge in [-0.3, -0.25) is 9.59 Å². The number of hydrogen-bond acceptors (Lipinski definition) is 4. The molecular formula is C19H27FN2O3. The van der Waals surface area contributed by atoms with Crippen molar-refractivity contribution >= 4 is 11.7 Å². The topological polar surface area (TPSA) is 58.6 Å². The summed E-state index contributed by atoms with van der Waals surface area (Å²) < 4.78 is 18.6. The summed E-state index contributed by atoms with van der Waals surface area (Å²) in [6, 6.07) is 4.39. The molecule has 1 amide bonds. The minimum atomic E-state index is -0.568. The molecule has 1 aromatic rings. The number of carbonyl (C=O) groups excluding carboxylic acids is 2. The highest BCUT2D eigenvalue weighted by Crippen LogP contribution is 2.20. The third kappa shape index (κ3) is 5.26. The molecule has 1 aliphatic rings. The first-order chi connectivity index (χ1) is 12.1. The Kier molecular flexibility index (Phi) is 7.37. The first kappa shape index (κ1) is 19.4. The number of benzene rings is 1. The van der Waals surface area contributed by atoms with E-state index in [9.17, 15) is 14.0 Å². The molecule has 0 radical (unpaired) electrons. The molecule has 138 valence electrons. The molecule has 1 aromatic carbocycles. The number of rotatable bonds is 8. The second-order valence-corrected chi connectivity index (χ2v) is 6.34. The van der Waals surface area contributed by atoms with Gasteiger partial charge in [0.05, 0.1) is 7.11 Å². The molecule has 2 rings (SSSR count). The Labute approximate surface area is 148 Å². The van der Waals surface area contributed by atoms with E-state index in [1.807, 2.05) is 11.8 Å². The van der Waals surface area contributed by atoms with E-state index in [-0.39, 0.29) is 41.9 Å². The molecule has 1 N–H and O–H groups in total. The molecule has 6 heteroatoms. The first-order valence-corrected chi connectivity index (χ1v) is 8.93. The van der Waals surface area contributed by atoms with Gasteiger partial charge in [-0.05, 0) is 50.6 Å². The van der Waals surface area contributed by atoms with Crippen LogP contribution in [0.15, 0.2) is 18.2 Å². The van der Waals surface area contributed by atoms with Crippen molar-refractivity contribution in [1.29, 1.82) is 0 Å². The number of Topliss-reactive ketones (excluding diaryl/α,β-unsaturated/α-hetero) is 1. The Bertz CT molecular complexity index is 600. The lowest BCUT2D eigenvalue weighted by molar-refractivity contribution is -0.134. The van der Waals surface area contributed by atoms with Gasteiger partial charge in [0.15, 0.2) is 17.3 Å². The van der Waals surface area contributed by atoms with Gasteiger partial charge in [0.25, 0.3) is 0 Å². The highest BCUT2D eigenvalue weighted by Gasteiger charge is 2.25. The number of nitrogens with one attached hydrogen (secondary N) is 1. The zero-order valence-corrected chi connectivity index (χ0v) is 15.0. The Morgan fingerprint density at radius 2 is 2.00 bits per heavy atom. The molecule has 0 unspecified atom stereocenters. The van der Waals surface area contributed by atoms with Crippen LogP contribution in [0.1, 0.15) is 49.4 Å². The van der Waals surface area contributed by atoms with E-state index >= 15 is 0 Å². The summed E-state index contributed by atoms with van der Waals surface area (Å²) in [5.41, 5.74) is 0.273. The van der Waals surface area contributed by atoms with Crippen molar-refractivity contribution in [1.82, 2.24) is 10.2 Å². The van der Waals surface area contributed by atoms with Gasteiger partial charge in [0.1, 0.15) is 0 Å². The number of amides is 1. The third-order valence-electron chi connectivity index (χ3n) is 4.57. The van der Waals surface area contributed by atoms with Gasteiger partial charge < -0.3 is 15.0 Å². The van der Waals surface area contributed by atoms with Crippen LogP contribution in [-0.4, -0.2) is 49.4 Å². The summed E-state index contributed by atoms with van der Waals surface area (Å²) in [4.78, 5) is 26.8. The largest absolute Gasteiger partial charge is 0.494 e. The monoisotopic (exact) mass is 350 g/mol. The molecular weight excluding hydrogens is 323 g/mol. The van der Waals surface area contributed by atoms with Crippen LogP contribution in [0.5, 0.6) is 5.75 Å². The second kappa shape index (κ2) is 9.51. The Hall–Kier alpha value is -1.95. The Morgan fingerprint density at radius 1 is 1.28 bits per heavy atom. The lowest BCUT2D eigenvalue weighted by atomic mass is 10.0. The number of piperidine rings is 1. The zero-order chi connectivity index (χ0) is 18.2. The van der Waals surface area contributed by atoms with Crippen molar-refractivity contribution in [2.45, 2.75) is 45.1 Å². The van der Waals surface area contributed by atoms with Crippen molar-refractivity contribution in [3.05, 3.63) is 29.6 Å². The SMILES string of the molecule is CCCN(C(=O)CCC(=O)c1ccc(OC)c(F)c1)C1CCNCC1. The molecule has 0 atom stereocenters. The van der Waals surface area contributed by atoms with Crippen LogP contribution < -0.4 is 10.1 Å². The highest BCUT2D eigenvalue weighted by atomic mass is 19.1. The standard InChI is InChI=1S/C19H27FN2O3/c1-3-12-22(15-8-10-21-11-9-15)19(24)7-5-17(23)14-4-6-18(25-2)16(20)13-14/h4,6,13,15,21H,3,5,7-12H2,1-2H3. The van der Waals surface area contributed by atoms with E-state index < -0.39 is 5.82 Å². The van der Waals surface area contributed by atoms with Crippen LogP contribution in [0.2, 0.25) is 0 Å². The predicted molar refractivity (Wildman–Crippen MR) is 94.4 cm³/mol. The number of ether oxygens (including phenoxy) is 1. The van der Waals surface area contributed by atoms with Gasteiger partial charge in [-0.15, -0.1) is 0 Å². The number of methoxy groups -OCH3 is 1. The molecule has 0 aromatic heterocycles. The van der Waals surface area contributed by atoms with Gasteiger partial charge in [-0.25, -0.2) is 4.39 Å². The maximum Gasteiger partial charge on any atom is 0.223 e. The van der Waals surface area contributed by atoms with Gasteiger partial charge in [-0.1, -0.05) is 6.92 Å². The van der Waals surface area contributed by atoms with E-state index in [1.54, 1.807) is 0 Å². The van der Waals surface area contributed by atoms with Gasteiger partial charge in [0, 0.05) is 31.0 Å². The van der Waals surface area contributed by atoms with E-state index in [1.165, 1.54) is 25.3 Å². The normalized spacial score (nSPS) is 15.0. The summed E-state index contributed by atoms with van der Waals surface area (Å²) >= 11 is 0. The van der Waals surface area contributed by atoms with Gasteiger partial charge in [0.2, 0.25) is 5.91 Å². The molecule has 1 aliphatic heterocycles. The van der Waals surface area contributed by atoms with Crippen molar-refractivity contribution in [2.75, 3.05) is 26.7 Å². The summed E-state index contributed by atoms with van der Waals surface area (Å²) in [5.74, 6) is -0.678. The maximum atomic E-state index is 13.7. The lowest BCUT2D eigenvalue weighted by Crippen LogP contribution is -2.46. The van der Waals surface area contributed by atoms with Crippen LogP contribution in [-0.2, 0) is 4.79 Å². The average molecular weight is 350 g/mol. The zero-order valence-electron chi connectivity index (χ0n) is 15.0. The maximum absolute atomic E-state index is 13.7. The summed E-state index contributed by atoms with van der Waals surface area (Å²) in [5, 5.41) is 3.30. The average Bonchev–Trinajstić information content (AvgIpc) is 2.64. The second-order valence-electron chi connectivity index (χ2n) is 6.34. The van der Waals surface area contributed by atoms with E-state index in [4.69, 9.17) is 4.74 Å². The number of hydrogen-bond donors (Lipinski definition) is 1. The van der Waals surface area contributed by atoms with Crippen LogP contribution >= 0.6 is 0 Å². The molecule has 0 saturated carbocycles. The van der Waals surface area contributed by atoms with E-state index in [2.05, 4.69) is 5.32 Å². The molecule has 1 fully saturated rings. The van der Waals surface area contributed by atoms with Gasteiger partial charge in [-0.2, -0.15) is 0 Å². The van der Waals surface area contributed by atoms with Crippen LogP contribution in [0.25, 0.3) is 0 Å². The lowest BCUT2D eigenvalue weighted by Gasteiger charge is -2.34. The molecule has 25 heavy (non-hydrogen) atoms. The van der Waals surface area contributed by atoms with Crippen molar-refractivity contribution in [3.8, 4) is 5.75 Å². The Balaban J connectivity index is 1.94. The number of carbonyl (C=O) groups is 2. The molecule has 1 heterocycles. The smallest absolute Gasteiger partial charge is 0.223 e. The number of halogens is 1. The van der Waals surface area contributed by atoms with Crippen molar-refractivity contribution < 1.29 is 18.7 Å². The van der Waals surface area contributed by atoms with Crippen LogP contribution in [0.4, 0.5) is 4.39 Å². The molecule has 0 aliphatic carbocycles. The number of nitrogens with zero attached hydrogens (tertiary/aromatic N) is 1. The molecule has 5 nitrogen and oxygen atoms in total.